The number of carbonyl (C=O) groups is 2. The minimum absolute atomic E-state index is 0.164. The zero-order chi connectivity index (χ0) is 15.9. The summed E-state index contributed by atoms with van der Waals surface area (Å²) in [6, 6.07) is 9.17. The second-order valence-electron chi connectivity index (χ2n) is 4.68. The van der Waals surface area contributed by atoms with Gasteiger partial charge in [0.2, 0.25) is 0 Å². The molecule has 0 saturated carbocycles. The molecule has 0 atom stereocenters. The summed E-state index contributed by atoms with van der Waals surface area (Å²) in [5, 5.41) is 0. The maximum atomic E-state index is 11.7. The topological polar surface area (TPSA) is 80.6 Å². The van der Waals surface area contributed by atoms with E-state index in [1.807, 2.05) is 25.1 Å². The highest BCUT2D eigenvalue weighted by Gasteiger charge is 2.13. The number of amides is 2. The van der Waals surface area contributed by atoms with Crippen molar-refractivity contribution in [2.24, 2.45) is 0 Å². The monoisotopic (exact) mass is 302 g/mol. The van der Waals surface area contributed by atoms with Crippen LogP contribution in [0.5, 0.6) is 5.75 Å². The van der Waals surface area contributed by atoms with E-state index >= 15 is 0 Å². The zero-order valence-corrected chi connectivity index (χ0v) is 12.5. The van der Waals surface area contributed by atoms with Crippen molar-refractivity contribution in [1.82, 2.24) is 10.9 Å². The molecule has 2 rings (SSSR count). The fraction of sp³-hybridized carbons (Fsp3) is 0.250. The van der Waals surface area contributed by atoms with E-state index in [1.165, 1.54) is 6.26 Å². The van der Waals surface area contributed by atoms with Crippen LogP contribution in [0.15, 0.2) is 41.0 Å². The van der Waals surface area contributed by atoms with Crippen LogP contribution in [-0.2, 0) is 11.2 Å². The number of carbonyl (C=O) groups excluding carboxylic acids is 2. The largest absolute Gasteiger partial charge is 0.483 e. The van der Waals surface area contributed by atoms with Crippen molar-refractivity contribution in [3.63, 3.8) is 0 Å². The van der Waals surface area contributed by atoms with Crippen LogP contribution in [0.4, 0.5) is 0 Å². The van der Waals surface area contributed by atoms with Crippen molar-refractivity contribution in [2.45, 2.75) is 20.3 Å². The van der Waals surface area contributed by atoms with Crippen LogP contribution in [0.1, 0.15) is 28.6 Å². The molecule has 0 bridgehead atoms. The van der Waals surface area contributed by atoms with Gasteiger partial charge in [-0.3, -0.25) is 20.4 Å². The highest BCUT2D eigenvalue weighted by molar-refractivity contribution is 5.94. The number of para-hydroxylation sites is 1. The molecule has 116 valence electrons. The average Bonchev–Trinajstić information content (AvgIpc) is 2.97. The lowest BCUT2D eigenvalue weighted by Crippen LogP contribution is -2.43. The number of rotatable bonds is 5. The molecule has 22 heavy (non-hydrogen) atoms. The first-order valence-corrected chi connectivity index (χ1v) is 6.95. The minimum Gasteiger partial charge on any atom is -0.483 e. The fourth-order valence-corrected chi connectivity index (χ4v) is 1.90. The molecule has 1 heterocycles. The maximum Gasteiger partial charge on any atom is 0.305 e. The van der Waals surface area contributed by atoms with Gasteiger partial charge in [-0.1, -0.05) is 25.1 Å². The first-order valence-electron chi connectivity index (χ1n) is 6.95. The molecule has 1 aromatic carbocycles. The van der Waals surface area contributed by atoms with E-state index in [0.29, 0.717) is 11.3 Å². The maximum absolute atomic E-state index is 11.7. The van der Waals surface area contributed by atoms with Gasteiger partial charge in [0, 0.05) is 5.56 Å². The van der Waals surface area contributed by atoms with Crippen LogP contribution in [-0.4, -0.2) is 18.4 Å². The van der Waals surface area contributed by atoms with Crippen LogP contribution in [0.25, 0.3) is 0 Å². The Bertz CT molecular complexity index is 664. The fourth-order valence-electron chi connectivity index (χ4n) is 1.90. The third-order valence-corrected chi connectivity index (χ3v) is 3.10. The van der Waals surface area contributed by atoms with Gasteiger partial charge in [0.1, 0.15) is 5.75 Å². The first-order chi connectivity index (χ1) is 10.6. The Labute approximate surface area is 128 Å². The van der Waals surface area contributed by atoms with Crippen molar-refractivity contribution in [3.05, 3.63) is 53.5 Å². The number of hydrogen-bond acceptors (Lipinski definition) is 4. The van der Waals surface area contributed by atoms with Crippen molar-refractivity contribution in [1.29, 1.82) is 0 Å². The molecule has 0 spiro atoms. The molecule has 0 aliphatic heterocycles. The smallest absolute Gasteiger partial charge is 0.305 e. The molecule has 0 fully saturated rings. The molecular weight excluding hydrogens is 284 g/mol. The van der Waals surface area contributed by atoms with Crippen LogP contribution in [0.3, 0.4) is 0 Å². The van der Waals surface area contributed by atoms with Crippen molar-refractivity contribution in [3.8, 4) is 5.75 Å². The Hall–Kier alpha value is -2.76. The second kappa shape index (κ2) is 7.31. The molecule has 0 aliphatic rings. The highest BCUT2D eigenvalue weighted by atomic mass is 16.5. The molecule has 0 radical (unpaired) electrons. The van der Waals surface area contributed by atoms with E-state index in [4.69, 9.17) is 9.15 Å². The van der Waals surface area contributed by atoms with Gasteiger partial charge in [-0.15, -0.1) is 0 Å². The average molecular weight is 302 g/mol. The van der Waals surface area contributed by atoms with E-state index in [1.54, 1.807) is 19.1 Å². The van der Waals surface area contributed by atoms with Gasteiger partial charge < -0.3 is 9.15 Å². The summed E-state index contributed by atoms with van der Waals surface area (Å²) in [5.41, 5.74) is 6.27. The summed E-state index contributed by atoms with van der Waals surface area (Å²) in [5.74, 6) is -0.140. The van der Waals surface area contributed by atoms with E-state index in [9.17, 15) is 9.59 Å². The van der Waals surface area contributed by atoms with Gasteiger partial charge in [0.05, 0.1) is 6.26 Å². The lowest BCUT2D eigenvalue weighted by atomic mass is 10.1. The van der Waals surface area contributed by atoms with Crippen LogP contribution in [0.2, 0.25) is 0 Å². The van der Waals surface area contributed by atoms with Gasteiger partial charge in [0.25, 0.3) is 5.91 Å². The van der Waals surface area contributed by atoms with Crippen molar-refractivity contribution in [2.75, 3.05) is 6.61 Å². The number of hydrazine groups is 1. The summed E-state index contributed by atoms with van der Waals surface area (Å²) >= 11 is 0. The molecule has 2 amide bonds. The number of nitrogens with one attached hydrogen (secondary N) is 2. The lowest BCUT2D eigenvalue weighted by Gasteiger charge is -2.10. The van der Waals surface area contributed by atoms with Gasteiger partial charge in [0.15, 0.2) is 12.4 Å². The highest BCUT2D eigenvalue weighted by Crippen LogP contribution is 2.17. The molecule has 6 heteroatoms. The van der Waals surface area contributed by atoms with Crippen molar-refractivity contribution < 1.29 is 18.7 Å². The van der Waals surface area contributed by atoms with Gasteiger partial charge in [-0.25, -0.2) is 0 Å². The third-order valence-electron chi connectivity index (χ3n) is 3.10. The van der Waals surface area contributed by atoms with Gasteiger partial charge in [-0.2, -0.15) is 0 Å². The zero-order valence-electron chi connectivity index (χ0n) is 12.5. The van der Waals surface area contributed by atoms with E-state index in [-0.39, 0.29) is 12.4 Å². The number of hydrogen-bond donors (Lipinski definition) is 2. The number of benzene rings is 1. The lowest BCUT2D eigenvalue weighted by molar-refractivity contribution is -0.123. The first kappa shape index (κ1) is 15.6. The third kappa shape index (κ3) is 3.88. The molecule has 1 aromatic heterocycles. The molecule has 0 unspecified atom stereocenters. The number of ether oxygens (including phenoxy) is 1. The molecule has 2 aromatic rings. The molecular formula is C16H18N2O4. The quantitative estimate of drug-likeness (QED) is 0.828. The van der Waals surface area contributed by atoms with Crippen LogP contribution < -0.4 is 15.6 Å². The Kier molecular flexibility index (Phi) is 5.19. The van der Waals surface area contributed by atoms with E-state index < -0.39 is 11.8 Å². The molecule has 6 nitrogen and oxygen atoms in total. The summed E-state index contributed by atoms with van der Waals surface area (Å²) in [4.78, 5) is 23.4. The van der Waals surface area contributed by atoms with Gasteiger partial charge in [-0.05, 0) is 31.0 Å². The Balaban J connectivity index is 1.81. The molecule has 0 saturated heterocycles. The predicted octanol–water partition coefficient (Wildman–Crippen LogP) is 1.99. The second-order valence-corrected chi connectivity index (χ2v) is 4.68. The van der Waals surface area contributed by atoms with Crippen molar-refractivity contribution >= 4 is 11.8 Å². The van der Waals surface area contributed by atoms with Crippen LogP contribution >= 0.6 is 0 Å². The number of furan rings is 1. The normalized spacial score (nSPS) is 10.1. The predicted molar refractivity (Wildman–Crippen MR) is 80.4 cm³/mol. The Morgan fingerprint density at radius 2 is 1.95 bits per heavy atom. The SMILES string of the molecule is CCc1ccccc1OCC(=O)NNC(=O)c1occc1C. The summed E-state index contributed by atoms with van der Waals surface area (Å²) < 4.78 is 10.5. The summed E-state index contributed by atoms with van der Waals surface area (Å²) in [6.45, 7) is 3.56. The molecule has 0 aliphatic carbocycles. The van der Waals surface area contributed by atoms with Crippen LogP contribution in [0, 0.1) is 6.92 Å². The van der Waals surface area contributed by atoms with E-state index in [0.717, 1.165) is 12.0 Å². The van der Waals surface area contributed by atoms with Gasteiger partial charge >= 0.3 is 5.91 Å². The minimum atomic E-state index is -0.509. The standard InChI is InChI=1S/C16H18N2O4/c1-3-12-6-4-5-7-13(12)22-10-14(19)17-18-16(20)15-11(2)8-9-21-15/h4-9H,3,10H2,1-2H3,(H,17,19)(H,18,20). The van der Waals surface area contributed by atoms with E-state index in [2.05, 4.69) is 10.9 Å². The number of aryl methyl sites for hydroxylation is 2. The Morgan fingerprint density at radius 1 is 1.18 bits per heavy atom. The molecule has 2 N–H and O–H groups in total. The Morgan fingerprint density at radius 3 is 2.64 bits per heavy atom. The summed E-state index contributed by atoms with van der Waals surface area (Å²) in [6.07, 6.45) is 2.23. The summed E-state index contributed by atoms with van der Waals surface area (Å²) in [7, 11) is 0.